The molecule has 0 aromatic rings. The van der Waals surface area contributed by atoms with E-state index in [1.165, 1.54) is 7.11 Å². The molecule has 0 aromatic heterocycles. The van der Waals surface area contributed by atoms with E-state index in [-0.39, 0.29) is 6.61 Å². The van der Waals surface area contributed by atoms with E-state index in [9.17, 15) is 9.36 Å². The minimum absolute atomic E-state index is 0.304. The molecule has 0 rings (SSSR count). The molecule has 0 spiro atoms. The average molecular weight is 198 g/mol. The molecule has 0 aliphatic heterocycles. The van der Waals surface area contributed by atoms with Gasteiger partial charge in [-0.3, -0.25) is 9.05 Å². The summed E-state index contributed by atoms with van der Waals surface area (Å²) >= 11 is 0. The third-order valence-corrected chi connectivity index (χ3v) is 2.02. The topological polar surface area (TPSA) is 82.1 Å². The van der Waals surface area contributed by atoms with Crippen LogP contribution in [0.4, 0.5) is 0 Å². The molecule has 0 bridgehead atoms. The van der Waals surface area contributed by atoms with Crippen LogP contribution in [0.15, 0.2) is 0 Å². The second-order valence-electron chi connectivity index (χ2n) is 1.86. The van der Waals surface area contributed by atoms with Gasteiger partial charge in [0.05, 0.1) is 6.61 Å². The van der Waals surface area contributed by atoms with Crippen LogP contribution in [0.5, 0.6) is 0 Å². The number of phosphoric ester groups is 1. The first-order valence-electron chi connectivity index (χ1n) is 3.07. The summed E-state index contributed by atoms with van der Waals surface area (Å²) in [4.78, 5) is 18.8. The lowest BCUT2D eigenvalue weighted by atomic mass is 10.4. The Morgan fingerprint density at radius 2 is 2.17 bits per heavy atom. The summed E-state index contributed by atoms with van der Waals surface area (Å²) in [5, 5.41) is 0. The third kappa shape index (κ3) is 4.58. The quantitative estimate of drug-likeness (QED) is 0.476. The first kappa shape index (κ1) is 11.7. The van der Waals surface area contributed by atoms with Crippen LogP contribution in [0.1, 0.15) is 0 Å². The molecule has 0 fully saturated rings. The van der Waals surface area contributed by atoms with Gasteiger partial charge < -0.3 is 14.4 Å². The van der Waals surface area contributed by atoms with Crippen LogP contribution in [-0.4, -0.2) is 38.1 Å². The maximum Gasteiger partial charge on any atom is 0.472 e. The highest BCUT2D eigenvalue weighted by atomic mass is 31.2. The van der Waals surface area contributed by atoms with Crippen LogP contribution >= 0.6 is 7.82 Å². The summed E-state index contributed by atoms with van der Waals surface area (Å²) in [6.07, 6.45) is -0.379. The van der Waals surface area contributed by atoms with Crippen molar-refractivity contribution in [1.29, 1.82) is 0 Å². The van der Waals surface area contributed by atoms with E-state index in [0.29, 0.717) is 6.29 Å². The van der Waals surface area contributed by atoms with Crippen LogP contribution in [0.2, 0.25) is 0 Å². The van der Waals surface area contributed by atoms with Crippen molar-refractivity contribution < 1.29 is 28.0 Å². The van der Waals surface area contributed by atoms with Gasteiger partial charge in [0.15, 0.2) is 6.29 Å². The van der Waals surface area contributed by atoms with Crippen molar-refractivity contribution in [3.63, 3.8) is 0 Å². The van der Waals surface area contributed by atoms with E-state index < -0.39 is 13.9 Å². The molecule has 0 saturated carbocycles. The third-order valence-electron chi connectivity index (χ3n) is 1.09. The first-order chi connectivity index (χ1) is 5.55. The Kier molecular flexibility index (Phi) is 5.28. The van der Waals surface area contributed by atoms with Gasteiger partial charge >= 0.3 is 7.82 Å². The highest BCUT2D eigenvalue weighted by molar-refractivity contribution is 7.47. The van der Waals surface area contributed by atoms with Gasteiger partial charge in [-0.1, -0.05) is 0 Å². The van der Waals surface area contributed by atoms with Crippen LogP contribution in [0.3, 0.4) is 0 Å². The van der Waals surface area contributed by atoms with Crippen molar-refractivity contribution in [3.8, 4) is 0 Å². The number of ether oxygens (including phenoxy) is 1. The van der Waals surface area contributed by atoms with Crippen LogP contribution in [0, 0.1) is 0 Å². The van der Waals surface area contributed by atoms with Gasteiger partial charge in [-0.15, -0.1) is 0 Å². The number of hydrogen-bond donors (Lipinski definition) is 1. The molecule has 72 valence electrons. The minimum Gasteiger partial charge on any atom is -0.372 e. The van der Waals surface area contributed by atoms with E-state index in [1.807, 2.05) is 0 Å². The van der Waals surface area contributed by atoms with Crippen molar-refractivity contribution in [2.45, 2.75) is 6.10 Å². The van der Waals surface area contributed by atoms with Gasteiger partial charge in [0.2, 0.25) is 0 Å². The van der Waals surface area contributed by atoms with Gasteiger partial charge in [0, 0.05) is 14.2 Å². The Hall–Kier alpha value is -0.260. The van der Waals surface area contributed by atoms with Crippen molar-refractivity contribution in [2.75, 3.05) is 20.8 Å². The number of aldehydes is 1. The SMILES string of the molecule is COC(C=O)COP(=O)(O)OC. The number of carbonyl (C=O) groups excluding carboxylic acids is 1. The van der Waals surface area contributed by atoms with Crippen LogP contribution in [0.25, 0.3) is 0 Å². The molecule has 2 unspecified atom stereocenters. The Balaban J connectivity index is 3.80. The van der Waals surface area contributed by atoms with Gasteiger partial charge in [-0.05, 0) is 0 Å². The summed E-state index contributed by atoms with van der Waals surface area (Å²) < 4.78 is 23.7. The summed E-state index contributed by atoms with van der Waals surface area (Å²) in [7, 11) is -1.67. The number of rotatable bonds is 6. The molecule has 0 radical (unpaired) electrons. The molecule has 6 nitrogen and oxygen atoms in total. The Morgan fingerprint density at radius 3 is 2.50 bits per heavy atom. The monoisotopic (exact) mass is 198 g/mol. The Morgan fingerprint density at radius 1 is 1.58 bits per heavy atom. The van der Waals surface area contributed by atoms with Crippen molar-refractivity contribution in [1.82, 2.24) is 0 Å². The fourth-order valence-corrected chi connectivity index (χ4v) is 0.824. The molecule has 7 heteroatoms. The zero-order chi connectivity index (χ0) is 9.61. The lowest BCUT2D eigenvalue weighted by Gasteiger charge is -2.11. The maximum atomic E-state index is 10.7. The molecule has 1 N–H and O–H groups in total. The standard InChI is InChI=1S/C5H11O6P/c1-9-5(3-6)4-11-12(7,8)10-2/h3,5H,4H2,1-2H3,(H,7,8). The molecule has 0 aliphatic carbocycles. The van der Waals surface area contributed by atoms with Crippen LogP contribution < -0.4 is 0 Å². The molecule has 0 amide bonds. The molecular formula is C5H11O6P. The first-order valence-corrected chi connectivity index (χ1v) is 4.56. The lowest BCUT2D eigenvalue weighted by molar-refractivity contribution is -0.118. The molecule has 0 heterocycles. The van der Waals surface area contributed by atoms with Gasteiger partial charge in [0.25, 0.3) is 0 Å². The second-order valence-corrected chi connectivity index (χ2v) is 3.42. The Bertz CT molecular complexity index is 181. The highest BCUT2D eigenvalue weighted by Gasteiger charge is 2.20. The zero-order valence-corrected chi connectivity index (χ0v) is 7.69. The average Bonchev–Trinajstić information content (AvgIpc) is 2.06. The zero-order valence-electron chi connectivity index (χ0n) is 6.80. The molecule has 0 aliphatic rings. The van der Waals surface area contributed by atoms with Gasteiger partial charge in [-0.25, -0.2) is 4.57 Å². The smallest absolute Gasteiger partial charge is 0.372 e. The number of methoxy groups -OCH3 is 1. The highest BCUT2D eigenvalue weighted by Crippen LogP contribution is 2.41. The summed E-state index contributed by atoms with van der Waals surface area (Å²) in [6.45, 7) is -0.304. The molecule has 12 heavy (non-hydrogen) atoms. The van der Waals surface area contributed by atoms with E-state index >= 15 is 0 Å². The van der Waals surface area contributed by atoms with Crippen LogP contribution in [-0.2, 0) is 23.1 Å². The van der Waals surface area contributed by atoms with Crippen molar-refractivity contribution >= 4 is 14.1 Å². The number of carbonyl (C=O) groups is 1. The van der Waals surface area contributed by atoms with E-state index in [2.05, 4.69) is 13.8 Å². The van der Waals surface area contributed by atoms with E-state index in [0.717, 1.165) is 7.11 Å². The maximum absolute atomic E-state index is 10.7. The fourth-order valence-electron chi connectivity index (χ4n) is 0.383. The molecule has 0 aromatic carbocycles. The van der Waals surface area contributed by atoms with Crippen molar-refractivity contribution in [2.24, 2.45) is 0 Å². The normalized spacial score (nSPS) is 18.2. The van der Waals surface area contributed by atoms with E-state index in [4.69, 9.17) is 4.89 Å². The summed E-state index contributed by atoms with van der Waals surface area (Å²) in [5.41, 5.74) is 0. The van der Waals surface area contributed by atoms with E-state index in [1.54, 1.807) is 0 Å². The fraction of sp³-hybridized carbons (Fsp3) is 0.800. The van der Waals surface area contributed by atoms with Gasteiger partial charge in [0.1, 0.15) is 6.10 Å². The minimum atomic E-state index is -3.99. The van der Waals surface area contributed by atoms with Gasteiger partial charge in [-0.2, -0.15) is 0 Å². The molecule has 2 atom stereocenters. The largest absolute Gasteiger partial charge is 0.472 e. The second kappa shape index (κ2) is 5.40. The summed E-state index contributed by atoms with van der Waals surface area (Å²) in [6, 6.07) is 0. The number of phosphoric acid groups is 1. The van der Waals surface area contributed by atoms with Crippen molar-refractivity contribution in [3.05, 3.63) is 0 Å². The number of hydrogen-bond acceptors (Lipinski definition) is 5. The predicted molar refractivity (Wildman–Crippen MR) is 39.6 cm³/mol. The Labute approximate surface area is 70.0 Å². The lowest BCUT2D eigenvalue weighted by Crippen LogP contribution is -2.18. The molecule has 0 saturated heterocycles. The summed E-state index contributed by atoms with van der Waals surface area (Å²) in [5.74, 6) is 0. The predicted octanol–water partition coefficient (Wildman–Crippen LogP) is -0.0363. The molecular weight excluding hydrogens is 187 g/mol.